The second-order valence-corrected chi connectivity index (χ2v) is 5.15. The fraction of sp³-hybridized carbons (Fsp3) is 0.533. The quantitative estimate of drug-likeness (QED) is 0.924. The molecule has 1 saturated heterocycles. The SMILES string of the molecule is COc1ccc(C(=O)N2CCCC[C@@H]2[C@H](C)O)c(F)c1. The minimum atomic E-state index is -0.611. The minimum absolute atomic E-state index is 0.0263. The van der Waals surface area contributed by atoms with Crippen LogP contribution in [-0.2, 0) is 0 Å². The van der Waals surface area contributed by atoms with Gasteiger partial charge in [0.2, 0.25) is 0 Å². The summed E-state index contributed by atoms with van der Waals surface area (Å²) in [6, 6.07) is 3.97. The maximum Gasteiger partial charge on any atom is 0.257 e. The van der Waals surface area contributed by atoms with E-state index >= 15 is 0 Å². The van der Waals surface area contributed by atoms with Gasteiger partial charge < -0.3 is 14.7 Å². The van der Waals surface area contributed by atoms with Crippen molar-refractivity contribution < 1.29 is 19.0 Å². The van der Waals surface area contributed by atoms with E-state index in [1.165, 1.54) is 19.2 Å². The van der Waals surface area contributed by atoms with Crippen molar-refractivity contribution in [1.82, 2.24) is 4.90 Å². The molecule has 0 bridgehead atoms. The van der Waals surface area contributed by atoms with Crippen LogP contribution in [0.2, 0.25) is 0 Å². The number of piperidine rings is 1. The summed E-state index contributed by atoms with van der Waals surface area (Å²) in [5, 5.41) is 9.79. The summed E-state index contributed by atoms with van der Waals surface area (Å²) in [4.78, 5) is 14.1. The Hall–Kier alpha value is -1.62. The number of ether oxygens (including phenoxy) is 1. The zero-order valence-corrected chi connectivity index (χ0v) is 11.8. The van der Waals surface area contributed by atoms with E-state index in [4.69, 9.17) is 4.74 Å². The number of carbonyl (C=O) groups is 1. The third-order valence-electron chi connectivity index (χ3n) is 3.77. The molecule has 0 unspecified atom stereocenters. The molecule has 1 aromatic rings. The van der Waals surface area contributed by atoms with Crippen LogP contribution < -0.4 is 4.74 Å². The van der Waals surface area contributed by atoms with Crippen LogP contribution in [0.1, 0.15) is 36.5 Å². The van der Waals surface area contributed by atoms with Gasteiger partial charge in [-0.05, 0) is 38.3 Å². The molecule has 4 nitrogen and oxygen atoms in total. The molecule has 0 radical (unpaired) electrons. The summed E-state index contributed by atoms with van der Waals surface area (Å²) in [6.45, 7) is 2.22. The Bertz CT molecular complexity index is 490. The van der Waals surface area contributed by atoms with E-state index in [-0.39, 0.29) is 17.5 Å². The molecule has 20 heavy (non-hydrogen) atoms. The highest BCUT2D eigenvalue weighted by Crippen LogP contribution is 2.24. The third kappa shape index (κ3) is 2.93. The Kier molecular flexibility index (Phi) is 4.60. The molecule has 2 rings (SSSR count). The van der Waals surface area contributed by atoms with Crippen molar-refractivity contribution in [3.8, 4) is 5.75 Å². The molecule has 0 aliphatic carbocycles. The summed E-state index contributed by atoms with van der Waals surface area (Å²) in [5.41, 5.74) is 0.0263. The number of halogens is 1. The van der Waals surface area contributed by atoms with Gasteiger partial charge >= 0.3 is 0 Å². The number of nitrogens with zero attached hydrogens (tertiary/aromatic N) is 1. The second-order valence-electron chi connectivity index (χ2n) is 5.15. The van der Waals surface area contributed by atoms with E-state index < -0.39 is 11.9 Å². The van der Waals surface area contributed by atoms with Crippen molar-refractivity contribution in [2.24, 2.45) is 0 Å². The molecule has 0 spiro atoms. The van der Waals surface area contributed by atoms with Crippen molar-refractivity contribution in [2.75, 3.05) is 13.7 Å². The van der Waals surface area contributed by atoms with Crippen molar-refractivity contribution in [1.29, 1.82) is 0 Å². The monoisotopic (exact) mass is 281 g/mol. The van der Waals surface area contributed by atoms with Gasteiger partial charge in [0.05, 0.1) is 24.8 Å². The first-order chi connectivity index (χ1) is 9.54. The largest absolute Gasteiger partial charge is 0.497 e. The molecule has 0 aromatic heterocycles. The van der Waals surface area contributed by atoms with Crippen molar-refractivity contribution in [3.63, 3.8) is 0 Å². The normalized spacial score (nSPS) is 20.6. The maximum atomic E-state index is 14.0. The minimum Gasteiger partial charge on any atom is -0.497 e. The Balaban J connectivity index is 2.25. The Morgan fingerprint density at radius 3 is 2.85 bits per heavy atom. The van der Waals surface area contributed by atoms with Gasteiger partial charge in [0.15, 0.2) is 0 Å². The van der Waals surface area contributed by atoms with Crippen molar-refractivity contribution in [2.45, 2.75) is 38.3 Å². The molecule has 1 amide bonds. The number of amides is 1. The van der Waals surface area contributed by atoms with Crippen LogP contribution in [0.25, 0.3) is 0 Å². The Morgan fingerprint density at radius 2 is 2.25 bits per heavy atom. The summed E-state index contributed by atoms with van der Waals surface area (Å²) < 4.78 is 18.9. The molecule has 1 aromatic carbocycles. The zero-order valence-electron chi connectivity index (χ0n) is 11.8. The first kappa shape index (κ1) is 14.8. The van der Waals surface area contributed by atoms with Crippen LogP contribution >= 0.6 is 0 Å². The highest BCUT2D eigenvalue weighted by molar-refractivity contribution is 5.95. The first-order valence-electron chi connectivity index (χ1n) is 6.87. The molecule has 1 aliphatic rings. The molecular weight excluding hydrogens is 261 g/mol. The lowest BCUT2D eigenvalue weighted by atomic mass is 9.97. The molecule has 110 valence electrons. The average molecular weight is 281 g/mol. The number of methoxy groups -OCH3 is 1. The molecule has 1 aliphatic heterocycles. The number of carbonyl (C=O) groups excluding carboxylic acids is 1. The number of aliphatic hydroxyl groups excluding tert-OH is 1. The molecular formula is C15H20FNO3. The standard InChI is InChI=1S/C15H20FNO3/c1-10(18)14-5-3-4-8-17(14)15(19)12-7-6-11(20-2)9-13(12)16/h6-7,9-10,14,18H,3-5,8H2,1-2H3/t10-,14+/m0/s1. The summed E-state index contributed by atoms with van der Waals surface area (Å²) in [5.74, 6) is -0.579. The number of aliphatic hydroxyl groups is 1. The van der Waals surface area contributed by atoms with Crippen molar-refractivity contribution in [3.05, 3.63) is 29.6 Å². The van der Waals surface area contributed by atoms with E-state index in [9.17, 15) is 14.3 Å². The molecule has 5 heteroatoms. The lowest BCUT2D eigenvalue weighted by Crippen LogP contribution is -2.49. The van der Waals surface area contributed by atoms with E-state index in [0.717, 1.165) is 19.3 Å². The van der Waals surface area contributed by atoms with Gasteiger partial charge in [-0.3, -0.25) is 4.79 Å². The fourth-order valence-electron chi connectivity index (χ4n) is 2.66. The van der Waals surface area contributed by atoms with Gasteiger partial charge in [-0.2, -0.15) is 0 Å². The third-order valence-corrected chi connectivity index (χ3v) is 3.77. The van der Waals surface area contributed by atoms with Gasteiger partial charge in [-0.1, -0.05) is 0 Å². The summed E-state index contributed by atoms with van der Waals surface area (Å²) in [6.07, 6.45) is 2.00. The zero-order chi connectivity index (χ0) is 14.7. The molecule has 1 heterocycles. The Labute approximate surface area is 118 Å². The summed E-state index contributed by atoms with van der Waals surface area (Å²) >= 11 is 0. The van der Waals surface area contributed by atoms with Gasteiger partial charge in [0.25, 0.3) is 5.91 Å². The number of likely N-dealkylation sites (tertiary alicyclic amines) is 1. The topological polar surface area (TPSA) is 49.8 Å². The van der Waals surface area contributed by atoms with Crippen LogP contribution in [-0.4, -0.2) is 41.7 Å². The van der Waals surface area contributed by atoms with Crippen LogP contribution in [0.5, 0.6) is 5.75 Å². The van der Waals surface area contributed by atoms with Gasteiger partial charge in [0, 0.05) is 12.6 Å². The average Bonchev–Trinajstić information content (AvgIpc) is 2.46. The highest BCUT2D eigenvalue weighted by Gasteiger charge is 2.31. The lowest BCUT2D eigenvalue weighted by Gasteiger charge is -2.37. The number of rotatable bonds is 3. The fourth-order valence-corrected chi connectivity index (χ4v) is 2.66. The maximum absolute atomic E-state index is 14.0. The molecule has 2 atom stereocenters. The van der Waals surface area contributed by atoms with Gasteiger partial charge in [0.1, 0.15) is 11.6 Å². The van der Waals surface area contributed by atoms with Crippen molar-refractivity contribution >= 4 is 5.91 Å². The van der Waals surface area contributed by atoms with Crippen LogP contribution in [0.15, 0.2) is 18.2 Å². The van der Waals surface area contributed by atoms with Gasteiger partial charge in [-0.15, -0.1) is 0 Å². The predicted molar refractivity (Wildman–Crippen MR) is 73.3 cm³/mol. The Morgan fingerprint density at radius 1 is 1.50 bits per heavy atom. The van der Waals surface area contributed by atoms with Crippen LogP contribution in [0.4, 0.5) is 4.39 Å². The first-order valence-corrected chi connectivity index (χ1v) is 6.87. The van der Waals surface area contributed by atoms with E-state index in [1.54, 1.807) is 17.9 Å². The second kappa shape index (κ2) is 6.22. The number of hydrogen-bond donors (Lipinski definition) is 1. The summed E-state index contributed by atoms with van der Waals surface area (Å²) in [7, 11) is 1.45. The molecule has 0 saturated carbocycles. The predicted octanol–water partition coefficient (Wildman–Crippen LogP) is 2.21. The molecule has 1 N–H and O–H groups in total. The lowest BCUT2D eigenvalue weighted by molar-refractivity contribution is 0.0277. The number of hydrogen-bond acceptors (Lipinski definition) is 3. The van der Waals surface area contributed by atoms with E-state index in [2.05, 4.69) is 0 Å². The van der Waals surface area contributed by atoms with Gasteiger partial charge in [-0.25, -0.2) is 4.39 Å². The highest BCUT2D eigenvalue weighted by atomic mass is 19.1. The smallest absolute Gasteiger partial charge is 0.257 e. The van der Waals surface area contributed by atoms with Crippen LogP contribution in [0.3, 0.4) is 0 Å². The number of benzene rings is 1. The van der Waals surface area contributed by atoms with E-state index in [0.29, 0.717) is 12.3 Å². The van der Waals surface area contributed by atoms with Crippen LogP contribution in [0, 0.1) is 5.82 Å². The molecule has 1 fully saturated rings. The van der Waals surface area contributed by atoms with E-state index in [1.807, 2.05) is 0 Å².